The lowest BCUT2D eigenvalue weighted by atomic mass is 10.1. The molecule has 0 spiro atoms. The van der Waals surface area contributed by atoms with Gasteiger partial charge in [-0.2, -0.15) is 0 Å². The molecule has 0 aliphatic heterocycles. The van der Waals surface area contributed by atoms with Crippen LogP contribution in [0.15, 0.2) is 36.4 Å². The molecule has 0 fully saturated rings. The van der Waals surface area contributed by atoms with Gasteiger partial charge in [0.2, 0.25) is 11.8 Å². The Hall–Kier alpha value is -2.59. The quantitative estimate of drug-likeness (QED) is 0.400. The predicted molar refractivity (Wildman–Crippen MR) is 124 cm³/mol. The molecule has 8 nitrogen and oxygen atoms in total. The van der Waals surface area contributed by atoms with Crippen LogP contribution in [-0.2, 0) is 11.2 Å². The Morgan fingerprint density at radius 2 is 2.12 bits per heavy atom. The van der Waals surface area contributed by atoms with Gasteiger partial charge in [0.15, 0.2) is 0 Å². The fraction of sp³-hybridized carbons (Fsp3) is 0.364. The number of rotatable bonds is 8. The first kappa shape index (κ1) is 22.6. The van der Waals surface area contributed by atoms with E-state index in [0.29, 0.717) is 29.7 Å². The highest BCUT2D eigenvalue weighted by molar-refractivity contribution is 7.22. The number of thiophene rings is 1. The van der Waals surface area contributed by atoms with Crippen molar-refractivity contribution in [2.24, 2.45) is 0 Å². The number of amides is 2. The topological polar surface area (TPSA) is 107 Å². The maximum absolute atomic E-state index is 12.7. The monoisotopic (exact) mass is 476 g/mol. The number of aliphatic hydroxyl groups is 1. The summed E-state index contributed by atoms with van der Waals surface area (Å²) in [4.78, 5) is 31.0. The number of halogens is 1. The van der Waals surface area contributed by atoms with Crippen LogP contribution in [-0.4, -0.2) is 59.3 Å². The third-order valence-corrected chi connectivity index (χ3v) is 6.73. The molecule has 0 saturated heterocycles. The van der Waals surface area contributed by atoms with Crippen LogP contribution in [0.2, 0.25) is 4.34 Å². The lowest BCUT2D eigenvalue weighted by Gasteiger charge is -2.25. The molecule has 2 heterocycles. The molecular formula is C22H25ClN4O4S. The maximum atomic E-state index is 12.7. The van der Waals surface area contributed by atoms with E-state index in [9.17, 15) is 9.59 Å². The zero-order valence-electron chi connectivity index (χ0n) is 17.6. The minimum Gasteiger partial charge on any atom is -0.395 e. The molecule has 0 unspecified atom stereocenters. The van der Waals surface area contributed by atoms with Crippen LogP contribution in [0.25, 0.3) is 10.2 Å². The zero-order chi connectivity index (χ0) is 22.7. The molecule has 170 valence electrons. The minimum atomic E-state index is -0.600. The molecular weight excluding hydrogens is 452 g/mol. The van der Waals surface area contributed by atoms with Gasteiger partial charge < -0.3 is 25.5 Å². The number of fused-ring (bicyclic) bond motifs is 2. The molecule has 10 heteroatoms. The number of hydrogen-bond donors (Lipinski definition) is 4. The predicted octanol–water partition coefficient (Wildman–Crippen LogP) is 3.07. The first-order chi connectivity index (χ1) is 15.5. The summed E-state index contributed by atoms with van der Waals surface area (Å²) in [6, 6.07) is 10.6. The Morgan fingerprint density at radius 1 is 1.31 bits per heavy atom. The number of benzene rings is 1. The van der Waals surface area contributed by atoms with Gasteiger partial charge in [-0.25, -0.2) is 4.79 Å². The van der Waals surface area contributed by atoms with Gasteiger partial charge in [0.05, 0.1) is 29.6 Å². The van der Waals surface area contributed by atoms with E-state index in [1.807, 2.05) is 36.1 Å². The second-order valence-corrected chi connectivity index (χ2v) is 9.33. The van der Waals surface area contributed by atoms with E-state index in [1.165, 1.54) is 11.3 Å². The highest BCUT2D eigenvalue weighted by Gasteiger charge is 2.35. The maximum Gasteiger partial charge on any atom is 0.414 e. The number of carbonyl (C=O) groups is 2. The lowest BCUT2D eigenvalue weighted by molar-refractivity contribution is -0.123. The van der Waals surface area contributed by atoms with Crippen molar-refractivity contribution >= 4 is 45.2 Å². The summed E-state index contributed by atoms with van der Waals surface area (Å²) in [5.41, 5.74) is 2.05. The van der Waals surface area contributed by atoms with E-state index in [4.69, 9.17) is 21.4 Å². The van der Waals surface area contributed by atoms with Crippen molar-refractivity contribution in [1.82, 2.24) is 20.5 Å². The summed E-state index contributed by atoms with van der Waals surface area (Å²) in [5.74, 6) is 0.169. The van der Waals surface area contributed by atoms with E-state index in [0.717, 1.165) is 21.3 Å². The fourth-order valence-electron chi connectivity index (χ4n) is 4.02. The average molecular weight is 477 g/mol. The summed E-state index contributed by atoms with van der Waals surface area (Å²) >= 11 is 7.36. The Kier molecular flexibility index (Phi) is 7.00. The molecule has 4 rings (SSSR count). The first-order valence-corrected chi connectivity index (χ1v) is 11.6. The molecule has 2 atom stereocenters. The van der Waals surface area contributed by atoms with Crippen molar-refractivity contribution in [1.29, 1.82) is 0 Å². The standard InChI is InChI=1S/C22H25ClN4O4S/c1-2-27(7-8-28)12-18(29)25-20-15-6-4-3-5-13(15)9-16(20)24-22(30)31-19-11-14-10-17(23)32-21(14)26-19/h3-6,10-11,16,20,26,28H,2,7-9,12H2,1H3,(H,24,30)(H,25,29)/t16-,20-/m1/s1. The van der Waals surface area contributed by atoms with Crippen LogP contribution >= 0.6 is 22.9 Å². The normalized spacial score (nSPS) is 17.5. The Balaban J connectivity index is 1.43. The van der Waals surface area contributed by atoms with E-state index in [-0.39, 0.29) is 31.1 Å². The number of nitrogens with one attached hydrogen (secondary N) is 3. The molecule has 0 saturated carbocycles. The van der Waals surface area contributed by atoms with E-state index >= 15 is 0 Å². The van der Waals surface area contributed by atoms with Crippen molar-refractivity contribution in [3.05, 3.63) is 51.9 Å². The number of carbonyl (C=O) groups excluding carboxylic acids is 2. The molecule has 32 heavy (non-hydrogen) atoms. The van der Waals surface area contributed by atoms with Crippen molar-refractivity contribution in [2.45, 2.75) is 25.4 Å². The lowest BCUT2D eigenvalue weighted by Crippen LogP contribution is -2.47. The van der Waals surface area contributed by atoms with Crippen molar-refractivity contribution in [3.8, 4) is 5.88 Å². The molecule has 0 bridgehead atoms. The van der Waals surface area contributed by atoms with Gasteiger partial charge in [0.25, 0.3) is 0 Å². The third kappa shape index (κ3) is 5.07. The van der Waals surface area contributed by atoms with Crippen LogP contribution in [0.3, 0.4) is 0 Å². The molecule has 2 aromatic heterocycles. The second kappa shape index (κ2) is 9.91. The van der Waals surface area contributed by atoms with Crippen molar-refractivity contribution in [3.63, 3.8) is 0 Å². The Morgan fingerprint density at radius 3 is 2.88 bits per heavy atom. The van der Waals surface area contributed by atoms with Crippen LogP contribution in [0.1, 0.15) is 24.1 Å². The Bertz CT molecular complexity index is 1080. The number of aliphatic hydroxyl groups excluding tert-OH is 1. The van der Waals surface area contributed by atoms with Crippen LogP contribution < -0.4 is 15.4 Å². The molecule has 0 radical (unpaired) electrons. The van der Waals surface area contributed by atoms with Crippen molar-refractivity contribution < 1.29 is 19.4 Å². The van der Waals surface area contributed by atoms with Gasteiger partial charge in [-0.3, -0.25) is 9.69 Å². The number of nitrogens with zero attached hydrogens (tertiary/aromatic N) is 1. The summed E-state index contributed by atoms with van der Waals surface area (Å²) in [7, 11) is 0. The van der Waals surface area contributed by atoms with E-state index in [1.54, 1.807) is 12.1 Å². The highest BCUT2D eigenvalue weighted by Crippen LogP contribution is 2.33. The minimum absolute atomic E-state index is 0.00786. The number of hydrogen-bond acceptors (Lipinski definition) is 6. The summed E-state index contributed by atoms with van der Waals surface area (Å²) in [6.45, 7) is 3.19. The van der Waals surface area contributed by atoms with Crippen LogP contribution in [0.5, 0.6) is 5.88 Å². The number of likely N-dealkylation sites (N-methyl/N-ethyl adjacent to an activating group) is 1. The number of aromatic nitrogens is 1. The van der Waals surface area contributed by atoms with Crippen molar-refractivity contribution in [2.75, 3.05) is 26.2 Å². The molecule has 4 N–H and O–H groups in total. The van der Waals surface area contributed by atoms with E-state index in [2.05, 4.69) is 15.6 Å². The average Bonchev–Trinajstić information content (AvgIpc) is 3.38. The zero-order valence-corrected chi connectivity index (χ0v) is 19.1. The highest BCUT2D eigenvalue weighted by atomic mass is 35.5. The van der Waals surface area contributed by atoms with Gasteiger partial charge in [-0.15, -0.1) is 11.3 Å². The smallest absolute Gasteiger partial charge is 0.395 e. The van der Waals surface area contributed by atoms with Gasteiger partial charge in [-0.1, -0.05) is 42.8 Å². The van der Waals surface area contributed by atoms with Crippen LogP contribution in [0, 0.1) is 0 Å². The van der Waals surface area contributed by atoms with Crippen LogP contribution in [0.4, 0.5) is 4.79 Å². The summed E-state index contributed by atoms with van der Waals surface area (Å²) < 4.78 is 6.09. The van der Waals surface area contributed by atoms with Gasteiger partial charge in [0.1, 0.15) is 4.83 Å². The fourth-order valence-corrected chi connectivity index (χ4v) is 5.14. The molecule has 1 aliphatic rings. The molecule has 2 amide bonds. The molecule has 3 aromatic rings. The number of aromatic amines is 1. The SMILES string of the molecule is CCN(CCO)CC(=O)N[C@@H]1c2ccccc2C[C@H]1NC(=O)Oc1cc2cc(Cl)sc2[nH]1. The summed E-state index contributed by atoms with van der Waals surface area (Å²) in [5, 5.41) is 16.0. The van der Waals surface area contributed by atoms with E-state index < -0.39 is 6.09 Å². The molecule has 1 aromatic carbocycles. The second-order valence-electron chi connectivity index (χ2n) is 7.65. The van der Waals surface area contributed by atoms with Gasteiger partial charge >= 0.3 is 6.09 Å². The number of H-pyrrole nitrogens is 1. The Labute approximate surface area is 194 Å². The molecule has 1 aliphatic carbocycles. The van der Waals surface area contributed by atoms with Gasteiger partial charge in [-0.05, 0) is 30.2 Å². The van der Waals surface area contributed by atoms with Gasteiger partial charge in [0, 0.05) is 18.0 Å². The third-order valence-electron chi connectivity index (χ3n) is 5.54. The summed E-state index contributed by atoms with van der Waals surface area (Å²) in [6.07, 6.45) is -0.0164. The largest absolute Gasteiger partial charge is 0.414 e. The first-order valence-electron chi connectivity index (χ1n) is 10.4. The number of ether oxygens (including phenoxy) is 1.